The molecule has 0 atom stereocenters. The lowest BCUT2D eigenvalue weighted by atomic mass is 10.1. The van der Waals surface area contributed by atoms with Crippen LogP contribution < -0.4 is 5.32 Å². The van der Waals surface area contributed by atoms with Gasteiger partial charge in [0.25, 0.3) is 0 Å². The second kappa shape index (κ2) is 8.94. The molecule has 0 saturated carbocycles. The van der Waals surface area contributed by atoms with Crippen molar-refractivity contribution in [3.8, 4) is 0 Å². The fourth-order valence-corrected chi connectivity index (χ4v) is 2.11. The molecule has 0 heterocycles. The number of benzene rings is 1. The zero-order chi connectivity index (χ0) is 14.1. The lowest BCUT2D eigenvalue weighted by Crippen LogP contribution is -2.26. The molecule has 0 radical (unpaired) electrons. The molecular weight excluding hydrogens is 260 g/mol. The monoisotopic (exact) mass is 282 g/mol. The summed E-state index contributed by atoms with van der Waals surface area (Å²) in [6.45, 7) is 7.89. The molecule has 1 N–H and O–H groups in total. The van der Waals surface area contributed by atoms with E-state index in [1.807, 2.05) is 12.1 Å². The highest BCUT2D eigenvalue weighted by Crippen LogP contribution is 2.11. The Balaban J connectivity index is 2.64. The minimum atomic E-state index is 0.00708. The van der Waals surface area contributed by atoms with Gasteiger partial charge >= 0.3 is 0 Å². The maximum Gasteiger partial charge on any atom is 0.221 e. The third kappa shape index (κ3) is 5.62. The van der Waals surface area contributed by atoms with Crippen molar-refractivity contribution in [1.82, 2.24) is 10.2 Å². The predicted molar refractivity (Wildman–Crippen MR) is 80.3 cm³/mol. The van der Waals surface area contributed by atoms with E-state index in [0.717, 1.165) is 19.6 Å². The zero-order valence-corrected chi connectivity index (χ0v) is 12.5. The summed E-state index contributed by atoms with van der Waals surface area (Å²) < 4.78 is 0. The van der Waals surface area contributed by atoms with Crippen molar-refractivity contribution in [3.63, 3.8) is 0 Å². The van der Waals surface area contributed by atoms with E-state index in [9.17, 15) is 4.79 Å². The molecule has 1 aromatic rings. The topological polar surface area (TPSA) is 32.3 Å². The molecule has 3 nitrogen and oxygen atoms in total. The van der Waals surface area contributed by atoms with Crippen molar-refractivity contribution in [2.24, 2.45) is 0 Å². The Kier molecular flexibility index (Phi) is 7.53. The quantitative estimate of drug-likeness (QED) is 0.744. The molecule has 106 valence electrons. The molecule has 0 saturated heterocycles. The molecule has 1 amide bonds. The molecule has 0 aliphatic heterocycles. The summed E-state index contributed by atoms with van der Waals surface area (Å²) in [7, 11) is 0. The lowest BCUT2D eigenvalue weighted by molar-refractivity contribution is -0.120. The van der Waals surface area contributed by atoms with Crippen molar-refractivity contribution in [3.05, 3.63) is 35.4 Å². The summed E-state index contributed by atoms with van der Waals surface area (Å²) in [6.07, 6.45) is 0.375. The smallest absolute Gasteiger partial charge is 0.221 e. The minimum absolute atomic E-state index is 0.00708. The number of carbonyl (C=O) groups is 1. The second-order valence-corrected chi connectivity index (χ2v) is 4.82. The summed E-state index contributed by atoms with van der Waals surface area (Å²) in [4.78, 5) is 13.8. The predicted octanol–water partition coefficient (Wildman–Crippen LogP) is 2.77. The second-order valence-electron chi connectivity index (χ2n) is 4.45. The fraction of sp³-hybridized carbons (Fsp3) is 0.533. The molecule has 4 heteroatoms. The first-order chi connectivity index (χ1) is 9.21. The van der Waals surface area contributed by atoms with Gasteiger partial charge in [0, 0.05) is 25.4 Å². The summed E-state index contributed by atoms with van der Waals surface area (Å²) >= 11 is 5.55. The van der Waals surface area contributed by atoms with E-state index in [2.05, 4.69) is 36.2 Å². The number of hydrogen-bond acceptors (Lipinski definition) is 2. The van der Waals surface area contributed by atoms with Crippen LogP contribution in [0.2, 0.25) is 0 Å². The van der Waals surface area contributed by atoms with Crippen molar-refractivity contribution in [1.29, 1.82) is 0 Å². The normalized spacial score (nSPS) is 10.7. The number of halogens is 1. The number of nitrogens with one attached hydrogen (secondary N) is 1. The van der Waals surface area contributed by atoms with Crippen LogP contribution >= 0.6 is 11.6 Å². The highest BCUT2D eigenvalue weighted by molar-refractivity contribution is 6.18. The summed E-state index contributed by atoms with van der Waals surface area (Å²) in [5, 5.41) is 2.91. The number of hydrogen-bond donors (Lipinski definition) is 1. The molecular formula is C15H23ClN2O. The first-order valence-electron chi connectivity index (χ1n) is 6.83. The van der Waals surface area contributed by atoms with Crippen LogP contribution in [-0.2, 0) is 17.9 Å². The van der Waals surface area contributed by atoms with Crippen LogP contribution in [0, 0.1) is 0 Å². The molecule has 0 bridgehead atoms. The van der Waals surface area contributed by atoms with Gasteiger partial charge in [0.2, 0.25) is 5.91 Å². The Labute approximate surface area is 120 Å². The van der Waals surface area contributed by atoms with Gasteiger partial charge in [-0.2, -0.15) is 0 Å². The van der Waals surface area contributed by atoms with Crippen molar-refractivity contribution in [2.75, 3.05) is 19.0 Å². The van der Waals surface area contributed by atoms with Crippen molar-refractivity contribution >= 4 is 17.5 Å². The van der Waals surface area contributed by atoms with E-state index in [1.54, 1.807) is 0 Å². The molecule has 1 aromatic carbocycles. The fourth-order valence-electron chi connectivity index (χ4n) is 1.94. The number of nitrogens with zero attached hydrogens (tertiary/aromatic N) is 1. The SMILES string of the molecule is CCN(CC)Cc1ccccc1CNC(=O)CCCl. The Hall–Kier alpha value is -1.06. The molecule has 0 aliphatic rings. The Morgan fingerprint density at radius 2 is 1.84 bits per heavy atom. The van der Waals surface area contributed by atoms with Gasteiger partial charge < -0.3 is 5.32 Å². The van der Waals surface area contributed by atoms with E-state index in [4.69, 9.17) is 11.6 Å². The first kappa shape index (κ1) is 16.0. The van der Waals surface area contributed by atoms with Crippen LogP contribution in [0.5, 0.6) is 0 Å². The average Bonchev–Trinajstić information content (AvgIpc) is 2.44. The molecule has 0 fully saturated rings. The Morgan fingerprint density at radius 3 is 2.42 bits per heavy atom. The standard InChI is InChI=1S/C15H23ClN2O/c1-3-18(4-2)12-14-8-6-5-7-13(14)11-17-15(19)9-10-16/h5-8H,3-4,9-12H2,1-2H3,(H,17,19). The van der Waals surface area contributed by atoms with Gasteiger partial charge in [-0.25, -0.2) is 0 Å². The molecule has 0 aliphatic carbocycles. The van der Waals surface area contributed by atoms with Crippen LogP contribution in [0.4, 0.5) is 0 Å². The van der Waals surface area contributed by atoms with Gasteiger partial charge in [-0.05, 0) is 24.2 Å². The van der Waals surface area contributed by atoms with E-state index < -0.39 is 0 Å². The Bertz CT molecular complexity index is 391. The minimum Gasteiger partial charge on any atom is -0.352 e. The van der Waals surface area contributed by atoms with Gasteiger partial charge in [-0.15, -0.1) is 11.6 Å². The lowest BCUT2D eigenvalue weighted by Gasteiger charge is -2.20. The van der Waals surface area contributed by atoms with Crippen LogP contribution in [-0.4, -0.2) is 29.8 Å². The molecule has 0 unspecified atom stereocenters. The summed E-state index contributed by atoms with van der Waals surface area (Å²) in [5.41, 5.74) is 2.45. The number of carbonyl (C=O) groups excluding carboxylic acids is 1. The van der Waals surface area contributed by atoms with E-state index >= 15 is 0 Å². The van der Waals surface area contributed by atoms with Crippen LogP contribution in [0.1, 0.15) is 31.4 Å². The Morgan fingerprint density at radius 1 is 1.21 bits per heavy atom. The number of rotatable bonds is 8. The highest BCUT2D eigenvalue weighted by Gasteiger charge is 2.07. The average molecular weight is 283 g/mol. The van der Waals surface area contributed by atoms with Crippen LogP contribution in [0.25, 0.3) is 0 Å². The molecule has 0 aromatic heterocycles. The third-order valence-electron chi connectivity index (χ3n) is 3.20. The van der Waals surface area contributed by atoms with Gasteiger partial charge in [0.05, 0.1) is 0 Å². The van der Waals surface area contributed by atoms with Gasteiger partial charge in [-0.3, -0.25) is 9.69 Å². The van der Waals surface area contributed by atoms with Crippen molar-refractivity contribution in [2.45, 2.75) is 33.4 Å². The number of alkyl halides is 1. The zero-order valence-electron chi connectivity index (χ0n) is 11.8. The maximum atomic E-state index is 11.5. The first-order valence-corrected chi connectivity index (χ1v) is 7.36. The third-order valence-corrected chi connectivity index (χ3v) is 3.39. The summed E-state index contributed by atoms with van der Waals surface area (Å²) in [5.74, 6) is 0.375. The van der Waals surface area contributed by atoms with Crippen molar-refractivity contribution < 1.29 is 4.79 Å². The molecule has 1 rings (SSSR count). The number of amides is 1. The van der Waals surface area contributed by atoms with E-state index in [1.165, 1.54) is 11.1 Å². The van der Waals surface area contributed by atoms with Crippen LogP contribution in [0.3, 0.4) is 0 Å². The van der Waals surface area contributed by atoms with Gasteiger partial charge in [-0.1, -0.05) is 38.1 Å². The van der Waals surface area contributed by atoms with E-state index in [0.29, 0.717) is 18.8 Å². The molecule has 19 heavy (non-hydrogen) atoms. The summed E-state index contributed by atoms with van der Waals surface area (Å²) in [6, 6.07) is 8.25. The van der Waals surface area contributed by atoms with E-state index in [-0.39, 0.29) is 5.91 Å². The van der Waals surface area contributed by atoms with Gasteiger partial charge in [0.1, 0.15) is 0 Å². The van der Waals surface area contributed by atoms with Crippen LogP contribution in [0.15, 0.2) is 24.3 Å². The molecule has 0 spiro atoms. The maximum absolute atomic E-state index is 11.5. The van der Waals surface area contributed by atoms with Gasteiger partial charge in [0.15, 0.2) is 0 Å². The largest absolute Gasteiger partial charge is 0.352 e. The highest BCUT2D eigenvalue weighted by atomic mass is 35.5.